The number of non-ortho nitro benzene ring substituents is 1. The molecule has 2 aromatic rings. The van der Waals surface area contributed by atoms with Crippen LogP contribution >= 0.6 is 0 Å². The van der Waals surface area contributed by atoms with Gasteiger partial charge in [-0.2, -0.15) is 10.5 Å². The summed E-state index contributed by atoms with van der Waals surface area (Å²) in [6.07, 6.45) is 3.32. The number of nitro benzene ring substituents is 1. The Morgan fingerprint density at radius 1 is 1.40 bits per heavy atom. The number of aromatic nitrogens is 2. The molecule has 1 aromatic carbocycles. The van der Waals surface area contributed by atoms with Crippen LogP contribution in [-0.4, -0.2) is 14.5 Å². The van der Waals surface area contributed by atoms with Crippen LogP contribution in [-0.2, 0) is 0 Å². The van der Waals surface area contributed by atoms with Gasteiger partial charge in [0.05, 0.1) is 34.3 Å². The highest BCUT2D eigenvalue weighted by molar-refractivity contribution is 5.54. The van der Waals surface area contributed by atoms with E-state index in [-0.39, 0.29) is 11.3 Å². The lowest BCUT2D eigenvalue weighted by Crippen LogP contribution is -1.96. The van der Waals surface area contributed by atoms with Crippen LogP contribution in [0.15, 0.2) is 30.7 Å². The number of hydrogen-bond donors (Lipinski definition) is 0. The Kier molecular flexibility index (Phi) is 4.96. The van der Waals surface area contributed by atoms with E-state index in [0.29, 0.717) is 5.69 Å². The Morgan fingerprint density at radius 2 is 2.05 bits per heavy atom. The van der Waals surface area contributed by atoms with Gasteiger partial charge in [0.25, 0.3) is 5.69 Å². The second-order valence-electron chi connectivity index (χ2n) is 3.72. The van der Waals surface area contributed by atoms with Crippen molar-refractivity contribution in [2.75, 3.05) is 0 Å². The number of imidazole rings is 1. The molecule has 7 nitrogen and oxygen atoms in total. The smallest absolute Gasteiger partial charge is 0.270 e. The van der Waals surface area contributed by atoms with E-state index in [0.717, 1.165) is 5.69 Å². The normalized spacial score (nSPS) is 8.80. The van der Waals surface area contributed by atoms with Gasteiger partial charge < -0.3 is 4.57 Å². The van der Waals surface area contributed by atoms with Gasteiger partial charge in [0.15, 0.2) is 0 Å². The largest absolute Gasteiger partial charge is 0.305 e. The molecule has 0 fully saturated rings. The van der Waals surface area contributed by atoms with Crippen molar-refractivity contribution in [2.24, 2.45) is 0 Å². The highest BCUT2D eigenvalue weighted by atomic mass is 16.6. The summed E-state index contributed by atoms with van der Waals surface area (Å²) >= 11 is 0. The second-order valence-corrected chi connectivity index (χ2v) is 3.72. The van der Waals surface area contributed by atoms with Gasteiger partial charge in [-0.15, -0.1) is 0 Å². The van der Waals surface area contributed by atoms with Gasteiger partial charge in [0, 0.05) is 25.3 Å². The van der Waals surface area contributed by atoms with Gasteiger partial charge in [-0.3, -0.25) is 10.1 Å². The first-order valence-corrected chi connectivity index (χ1v) is 5.53. The fourth-order valence-corrected chi connectivity index (χ4v) is 1.51. The maximum atomic E-state index is 10.6. The molecule has 0 saturated carbocycles. The number of rotatable bonds is 2. The molecule has 0 radical (unpaired) electrons. The number of nitriles is 2. The van der Waals surface area contributed by atoms with Crippen LogP contribution in [0.5, 0.6) is 0 Å². The predicted molar refractivity (Wildman–Crippen MR) is 71.0 cm³/mol. The molecule has 0 aliphatic rings. The standard InChI is InChI=1S/C11H8N4O2.C2H3N/c1-8-6-14(7-13-8)11-3-2-10(15(16)17)4-9(11)5-12;1-2-3/h2-4,6-7H,1H3;1H3. The zero-order valence-corrected chi connectivity index (χ0v) is 10.9. The second kappa shape index (κ2) is 6.66. The Morgan fingerprint density at radius 3 is 2.50 bits per heavy atom. The quantitative estimate of drug-likeness (QED) is 0.614. The first kappa shape index (κ1) is 14.9. The summed E-state index contributed by atoms with van der Waals surface area (Å²) in [6, 6.07) is 7.86. The molecule has 1 aromatic heterocycles. The summed E-state index contributed by atoms with van der Waals surface area (Å²) < 4.78 is 1.66. The Bertz CT molecular complexity index is 706. The van der Waals surface area contributed by atoms with Gasteiger partial charge >= 0.3 is 0 Å². The van der Waals surface area contributed by atoms with E-state index in [9.17, 15) is 10.1 Å². The van der Waals surface area contributed by atoms with Crippen LogP contribution in [0.3, 0.4) is 0 Å². The number of benzene rings is 1. The SMILES string of the molecule is CC#N.Cc1cn(-c2ccc([N+](=O)[O-])cc2C#N)cn1. The van der Waals surface area contributed by atoms with E-state index in [4.69, 9.17) is 10.5 Å². The van der Waals surface area contributed by atoms with Crippen LogP contribution < -0.4 is 0 Å². The molecule has 0 aliphatic carbocycles. The molecule has 100 valence electrons. The molecule has 20 heavy (non-hydrogen) atoms. The molecule has 7 heteroatoms. The van der Waals surface area contributed by atoms with E-state index in [1.54, 1.807) is 23.2 Å². The van der Waals surface area contributed by atoms with E-state index < -0.39 is 4.92 Å². The topological polar surface area (TPSA) is 109 Å². The third kappa shape index (κ3) is 3.40. The van der Waals surface area contributed by atoms with E-state index in [1.807, 2.05) is 13.0 Å². The average molecular weight is 269 g/mol. The summed E-state index contributed by atoms with van der Waals surface area (Å²) in [5.41, 5.74) is 1.55. The third-order valence-corrected chi connectivity index (χ3v) is 2.30. The lowest BCUT2D eigenvalue weighted by molar-refractivity contribution is -0.384. The molecular weight excluding hydrogens is 258 g/mol. The van der Waals surface area contributed by atoms with E-state index in [1.165, 1.54) is 25.1 Å². The Balaban J connectivity index is 0.000000612. The van der Waals surface area contributed by atoms with Crippen LogP contribution in [0.2, 0.25) is 0 Å². The fourth-order valence-electron chi connectivity index (χ4n) is 1.51. The van der Waals surface area contributed by atoms with Gasteiger partial charge in [-0.1, -0.05) is 0 Å². The molecule has 1 heterocycles. The maximum Gasteiger partial charge on any atom is 0.270 e. The van der Waals surface area contributed by atoms with Crippen molar-refractivity contribution in [3.63, 3.8) is 0 Å². The average Bonchev–Trinajstić information content (AvgIpc) is 2.85. The van der Waals surface area contributed by atoms with Crippen molar-refractivity contribution in [2.45, 2.75) is 13.8 Å². The first-order valence-electron chi connectivity index (χ1n) is 5.53. The summed E-state index contributed by atoms with van der Waals surface area (Å²) in [5, 5.41) is 26.9. The van der Waals surface area contributed by atoms with E-state index in [2.05, 4.69) is 4.98 Å². The minimum absolute atomic E-state index is 0.0952. The van der Waals surface area contributed by atoms with Crippen LogP contribution in [0.1, 0.15) is 18.2 Å². The van der Waals surface area contributed by atoms with Crippen molar-refractivity contribution in [1.29, 1.82) is 10.5 Å². The molecule has 0 aliphatic heterocycles. The van der Waals surface area contributed by atoms with Crippen molar-refractivity contribution < 1.29 is 4.92 Å². The van der Waals surface area contributed by atoms with Crippen molar-refractivity contribution >= 4 is 5.69 Å². The number of hydrogen-bond acceptors (Lipinski definition) is 5. The lowest BCUT2D eigenvalue weighted by atomic mass is 10.1. The summed E-state index contributed by atoms with van der Waals surface area (Å²) in [5.74, 6) is 0. The van der Waals surface area contributed by atoms with Gasteiger partial charge in [0.1, 0.15) is 6.07 Å². The molecular formula is C13H11N5O2. The molecule has 0 N–H and O–H groups in total. The first-order chi connectivity index (χ1) is 9.53. The molecule has 0 bridgehead atoms. The lowest BCUT2D eigenvalue weighted by Gasteiger charge is -2.03. The van der Waals surface area contributed by atoms with Crippen LogP contribution in [0, 0.1) is 39.7 Å². The number of nitro groups is 1. The third-order valence-electron chi connectivity index (χ3n) is 2.30. The minimum atomic E-state index is -0.524. The molecule has 0 saturated heterocycles. The van der Waals surface area contributed by atoms with Crippen molar-refractivity contribution in [3.05, 3.63) is 52.1 Å². The maximum absolute atomic E-state index is 10.6. The molecule has 2 rings (SSSR count). The van der Waals surface area contributed by atoms with Crippen molar-refractivity contribution in [3.8, 4) is 17.8 Å². The highest BCUT2D eigenvalue weighted by Gasteiger charge is 2.11. The molecule has 0 atom stereocenters. The monoisotopic (exact) mass is 269 g/mol. The zero-order valence-electron chi connectivity index (χ0n) is 10.9. The van der Waals surface area contributed by atoms with E-state index >= 15 is 0 Å². The van der Waals surface area contributed by atoms with Crippen molar-refractivity contribution in [1.82, 2.24) is 9.55 Å². The van der Waals surface area contributed by atoms with Gasteiger partial charge in [-0.05, 0) is 13.0 Å². The molecule has 0 amide bonds. The zero-order chi connectivity index (χ0) is 15.1. The highest BCUT2D eigenvalue weighted by Crippen LogP contribution is 2.20. The van der Waals surface area contributed by atoms with Gasteiger partial charge in [-0.25, -0.2) is 4.98 Å². The summed E-state index contributed by atoms with van der Waals surface area (Å²) in [4.78, 5) is 14.1. The van der Waals surface area contributed by atoms with Crippen LogP contribution in [0.25, 0.3) is 5.69 Å². The predicted octanol–water partition coefficient (Wildman–Crippen LogP) is 2.49. The molecule has 0 unspecified atom stereocenters. The number of nitrogens with zero attached hydrogens (tertiary/aromatic N) is 5. The minimum Gasteiger partial charge on any atom is -0.305 e. The Hall–Kier alpha value is -3.19. The number of aryl methyl sites for hydroxylation is 1. The Labute approximate surface area is 115 Å². The van der Waals surface area contributed by atoms with Crippen LogP contribution in [0.4, 0.5) is 5.69 Å². The van der Waals surface area contributed by atoms with Gasteiger partial charge in [0.2, 0.25) is 0 Å². The fraction of sp³-hybridized carbons (Fsp3) is 0.154. The summed E-state index contributed by atoms with van der Waals surface area (Å²) in [6.45, 7) is 3.26. The summed E-state index contributed by atoms with van der Waals surface area (Å²) in [7, 11) is 0. The molecule has 0 spiro atoms.